The van der Waals surface area contributed by atoms with Crippen LogP contribution in [0.15, 0.2) is 18.3 Å². The molecule has 2 heterocycles. The van der Waals surface area contributed by atoms with Crippen LogP contribution in [0.4, 0.5) is 4.39 Å². The standard InChI is InChI=1S/C12H14FN3O2/c1-12(2)11(18)14-5-6-16(12)10(17)9-4-3-8(13)7-15-9/h3-4,7H,5-6H2,1-2H3,(H,14,18). The molecule has 1 saturated heterocycles. The van der Waals surface area contributed by atoms with Gasteiger partial charge in [0.2, 0.25) is 5.91 Å². The van der Waals surface area contributed by atoms with Gasteiger partial charge < -0.3 is 10.2 Å². The number of nitrogens with one attached hydrogen (secondary N) is 1. The lowest BCUT2D eigenvalue weighted by Crippen LogP contribution is -2.63. The number of nitrogens with zero attached hydrogens (tertiary/aromatic N) is 2. The van der Waals surface area contributed by atoms with E-state index in [1.165, 1.54) is 17.0 Å². The fourth-order valence-corrected chi connectivity index (χ4v) is 1.90. The number of hydrogen-bond acceptors (Lipinski definition) is 3. The first-order chi connectivity index (χ1) is 8.43. The lowest BCUT2D eigenvalue weighted by Gasteiger charge is -2.40. The number of carbonyl (C=O) groups is 2. The summed E-state index contributed by atoms with van der Waals surface area (Å²) in [5.41, 5.74) is -0.787. The van der Waals surface area contributed by atoms with E-state index in [4.69, 9.17) is 0 Å². The summed E-state index contributed by atoms with van der Waals surface area (Å²) in [5.74, 6) is -1.07. The van der Waals surface area contributed by atoms with E-state index in [0.717, 1.165) is 6.20 Å². The third-order valence-corrected chi connectivity index (χ3v) is 3.04. The van der Waals surface area contributed by atoms with Gasteiger partial charge in [0, 0.05) is 13.1 Å². The van der Waals surface area contributed by atoms with E-state index in [2.05, 4.69) is 10.3 Å². The van der Waals surface area contributed by atoms with Crippen LogP contribution >= 0.6 is 0 Å². The summed E-state index contributed by atoms with van der Waals surface area (Å²) in [6.07, 6.45) is 0.990. The third kappa shape index (κ3) is 2.05. The van der Waals surface area contributed by atoms with Crippen molar-refractivity contribution in [2.75, 3.05) is 13.1 Å². The topological polar surface area (TPSA) is 62.3 Å². The summed E-state index contributed by atoms with van der Waals surface area (Å²) in [6, 6.07) is 2.50. The molecule has 2 amide bonds. The molecular formula is C12H14FN3O2. The van der Waals surface area contributed by atoms with Crippen molar-refractivity contribution >= 4 is 11.8 Å². The second-order valence-corrected chi connectivity index (χ2v) is 4.63. The Morgan fingerprint density at radius 3 is 2.83 bits per heavy atom. The van der Waals surface area contributed by atoms with Gasteiger partial charge in [-0.25, -0.2) is 9.37 Å². The summed E-state index contributed by atoms with van der Waals surface area (Å²) in [4.78, 5) is 29.2. The predicted molar refractivity (Wildman–Crippen MR) is 62.3 cm³/mol. The molecular weight excluding hydrogens is 237 g/mol. The maximum atomic E-state index is 12.8. The Kier molecular flexibility index (Phi) is 3.02. The molecule has 5 nitrogen and oxygen atoms in total. The number of pyridine rings is 1. The molecule has 1 fully saturated rings. The number of halogens is 1. The fourth-order valence-electron chi connectivity index (χ4n) is 1.90. The molecule has 96 valence electrons. The van der Waals surface area contributed by atoms with Crippen molar-refractivity contribution in [3.63, 3.8) is 0 Å². The number of piperazine rings is 1. The Labute approximate surface area is 104 Å². The Bertz CT molecular complexity index is 485. The second kappa shape index (κ2) is 4.36. The van der Waals surface area contributed by atoms with E-state index in [0.29, 0.717) is 13.1 Å². The van der Waals surface area contributed by atoms with Gasteiger partial charge in [0.05, 0.1) is 6.20 Å². The molecule has 0 aromatic carbocycles. The summed E-state index contributed by atoms with van der Waals surface area (Å²) in [7, 11) is 0. The zero-order chi connectivity index (χ0) is 13.3. The van der Waals surface area contributed by atoms with Gasteiger partial charge in [-0.2, -0.15) is 0 Å². The van der Waals surface area contributed by atoms with Gasteiger partial charge in [-0.3, -0.25) is 9.59 Å². The van der Waals surface area contributed by atoms with Gasteiger partial charge in [0.25, 0.3) is 5.91 Å². The highest BCUT2D eigenvalue weighted by Crippen LogP contribution is 2.19. The number of amides is 2. The van der Waals surface area contributed by atoms with Gasteiger partial charge in [-0.15, -0.1) is 0 Å². The summed E-state index contributed by atoms with van der Waals surface area (Å²) < 4.78 is 12.8. The van der Waals surface area contributed by atoms with Crippen LogP contribution in [0.1, 0.15) is 24.3 Å². The van der Waals surface area contributed by atoms with Crippen LogP contribution in [0.25, 0.3) is 0 Å². The smallest absolute Gasteiger partial charge is 0.273 e. The van der Waals surface area contributed by atoms with Crippen LogP contribution in [0.3, 0.4) is 0 Å². The molecule has 0 aliphatic carbocycles. The van der Waals surface area contributed by atoms with Crippen LogP contribution in [0.2, 0.25) is 0 Å². The average molecular weight is 251 g/mol. The maximum Gasteiger partial charge on any atom is 0.273 e. The molecule has 1 aliphatic rings. The first kappa shape index (κ1) is 12.5. The van der Waals surface area contributed by atoms with E-state index in [1.807, 2.05) is 0 Å². The largest absolute Gasteiger partial charge is 0.352 e. The summed E-state index contributed by atoms with van der Waals surface area (Å²) >= 11 is 0. The Hall–Kier alpha value is -1.98. The van der Waals surface area contributed by atoms with Crippen LogP contribution in [0.5, 0.6) is 0 Å². The van der Waals surface area contributed by atoms with E-state index in [1.54, 1.807) is 13.8 Å². The minimum absolute atomic E-state index is 0.138. The van der Waals surface area contributed by atoms with Crippen molar-refractivity contribution in [3.05, 3.63) is 29.8 Å². The highest BCUT2D eigenvalue weighted by Gasteiger charge is 2.40. The fraction of sp³-hybridized carbons (Fsp3) is 0.417. The van der Waals surface area contributed by atoms with Gasteiger partial charge in [0.15, 0.2) is 0 Å². The minimum atomic E-state index is -0.925. The number of rotatable bonds is 1. The average Bonchev–Trinajstić information content (AvgIpc) is 2.33. The Balaban J connectivity index is 2.28. The van der Waals surface area contributed by atoms with Crippen LogP contribution in [-0.2, 0) is 4.79 Å². The van der Waals surface area contributed by atoms with Crippen molar-refractivity contribution in [1.29, 1.82) is 0 Å². The zero-order valence-electron chi connectivity index (χ0n) is 10.2. The van der Waals surface area contributed by atoms with Crippen molar-refractivity contribution in [2.45, 2.75) is 19.4 Å². The summed E-state index contributed by atoms with van der Waals surface area (Å²) in [6.45, 7) is 4.16. The molecule has 0 saturated carbocycles. The molecule has 0 spiro atoms. The van der Waals surface area contributed by atoms with Crippen LogP contribution in [0, 0.1) is 5.82 Å². The lowest BCUT2D eigenvalue weighted by atomic mass is 9.98. The second-order valence-electron chi connectivity index (χ2n) is 4.63. The molecule has 1 N–H and O–H groups in total. The molecule has 1 aromatic heterocycles. The molecule has 18 heavy (non-hydrogen) atoms. The highest BCUT2D eigenvalue weighted by molar-refractivity contribution is 5.98. The van der Waals surface area contributed by atoms with E-state index >= 15 is 0 Å². The molecule has 0 unspecified atom stereocenters. The first-order valence-electron chi connectivity index (χ1n) is 5.65. The van der Waals surface area contributed by atoms with E-state index in [9.17, 15) is 14.0 Å². The molecule has 0 atom stereocenters. The first-order valence-corrected chi connectivity index (χ1v) is 5.65. The van der Waals surface area contributed by atoms with Crippen molar-refractivity contribution in [1.82, 2.24) is 15.2 Å². The molecule has 0 radical (unpaired) electrons. The van der Waals surface area contributed by atoms with Crippen molar-refractivity contribution < 1.29 is 14.0 Å². The van der Waals surface area contributed by atoms with Crippen LogP contribution < -0.4 is 5.32 Å². The Morgan fingerprint density at radius 2 is 2.22 bits per heavy atom. The van der Waals surface area contributed by atoms with Crippen LogP contribution in [-0.4, -0.2) is 40.3 Å². The Morgan fingerprint density at radius 1 is 1.50 bits per heavy atom. The van der Waals surface area contributed by atoms with E-state index < -0.39 is 11.4 Å². The molecule has 0 bridgehead atoms. The van der Waals surface area contributed by atoms with Crippen molar-refractivity contribution in [2.24, 2.45) is 0 Å². The normalized spacial score (nSPS) is 18.4. The molecule has 1 aliphatic heterocycles. The van der Waals surface area contributed by atoms with Gasteiger partial charge >= 0.3 is 0 Å². The molecule has 2 rings (SSSR count). The monoisotopic (exact) mass is 251 g/mol. The molecule has 6 heteroatoms. The number of carbonyl (C=O) groups excluding carboxylic acids is 2. The SMILES string of the molecule is CC1(C)C(=O)NCCN1C(=O)c1ccc(F)cn1. The quantitative estimate of drug-likeness (QED) is 0.793. The number of hydrogen-bond donors (Lipinski definition) is 1. The van der Waals surface area contributed by atoms with Gasteiger partial charge in [0.1, 0.15) is 17.1 Å². The minimum Gasteiger partial charge on any atom is -0.352 e. The third-order valence-electron chi connectivity index (χ3n) is 3.04. The predicted octanol–water partition coefficient (Wildman–Crippen LogP) is 0.571. The van der Waals surface area contributed by atoms with E-state index in [-0.39, 0.29) is 17.5 Å². The zero-order valence-corrected chi connectivity index (χ0v) is 10.2. The lowest BCUT2D eigenvalue weighted by molar-refractivity contribution is -0.133. The summed E-state index contributed by atoms with van der Waals surface area (Å²) in [5, 5.41) is 2.70. The van der Waals surface area contributed by atoms with Gasteiger partial charge in [-0.05, 0) is 26.0 Å². The maximum absolute atomic E-state index is 12.8. The highest BCUT2D eigenvalue weighted by atomic mass is 19.1. The van der Waals surface area contributed by atoms with Gasteiger partial charge in [-0.1, -0.05) is 0 Å². The van der Waals surface area contributed by atoms with Crippen molar-refractivity contribution in [3.8, 4) is 0 Å². The number of aromatic nitrogens is 1. The molecule has 1 aromatic rings.